The molecule has 2 bridgehead atoms. The second-order valence-electron chi connectivity index (χ2n) is 5.46. The van der Waals surface area contributed by atoms with Gasteiger partial charge in [0.1, 0.15) is 0 Å². The molecule has 4 heteroatoms. The van der Waals surface area contributed by atoms with Crippen LogP contribution >= 0.6 is 11.6 Å². The Morgan fingerprint density at radius 2 is 1.88 bits per heavy atom. The summed E-state index contributed by atoms with van der Waals surface area (Å²) >= 11 is 5.80. The molecule has 1 aromatic carbocycles. The smallest absolute Gasteiger partial charge is 0.230 e. The third kappa shape index (κ3) is 1.74. The van der Waals surface area contributed by atoms with Crippen molar-refractivity contribution in [2.24, 2.45) is 11.1 Å². The maximum Gasteiger partial charge on any atom is 0.230 e. The van der Waals surface area contributed by atoms with Crippen LogP contribution in [0.4, 0.5) is 5.69 Å². The molecule has 0 spiro atoms. The Morgan fingerprint density at radius 3 is 2.41 bits per heavy atom. The van der Waals surface area contributed by atoms with Crippen molar-refractivity contribution in [2.45, 2.75) is 31.2 Å². The van der Waals surface area contributed by atoms with Gasteiger partial charge in [0, 0.05) is 16.2 Å². The van der Waals surface area contributed by atoms with Gasteiger partial charge in [-0.15, -0.1) is 0 Å². The normalized spacial score (nSPS) is 34.2. The van der Waals surface area contributed by atoms with Crippen LogP contribution < -0.4 is 11.1 Å². The second-order valence-corrected chi connectivity index (χ2v) is 5.89. The quantitative estimate of drug-likeness (QED) is 0.848. The largest absolute Gasteiger partial charge is 0.326 e. The third-order valence-electron chi connectivity index (χ3n) is 4.07. The molecule has 3 fully saturated rings. The van der Waals surface area contributed by atoms with Gasteiger partial charge in [0.15, 0.2) is 0 Å². The molecular weight excluding hydrogens is 236 g/mol. The van der Waals surface area contributed by atoms with Crippen LogP contribution in [-0.4, -0.2) is 11.4 Å². The minimum atomic E-state index is -0.200. The summed E-state index contributed by atoms with van der Waals surface area (Å²) < 4.78 is 0. The summed E-state index contributed by atoms with van der Waals surface area (Å²) in [5.74, 6) is 0.110. The van der Waals surface area contributed by atoms with Crippen molar-refractivity contribution in [3.8, 4) is 0 Å². The van der Waals surface area contributed by atoms with Gasteiger partial charge in [-0.3, -0.25) is 4.79 Å². The highest BCUT2D eigenvalue weighted by atomic mass is 35.5. The van der Waals surface area contributed by atoms with E-state index in [2.05, 4.69) is 5.32 Å². The number of fused-ring (bicyclic) bond motifs is 1. The van der Waals surface area contributed by atoms with Gasteiger partial charge in [-0.25, -0.2) is 0 Å². The molecule has 0 aliphatic heterocycles. The number of nitrogens with two attached hydrogens (primary N) is 1. The molecule has 0 saturated heterocycles. The molecule has 0 atom stereocenters. The summed E-state index contributed by atoms with van der Waals surface area (Å²) in [6.07, 6.45) is 3.56. The van der Waals surface area contributed by atoms with Crippen molar-refractivity contribution in [1.29, 1.82) is 0 Å². The lowest BCUT2D eigenvalue weighted by Crippen LogP contribution is -2.54. The highest BCUT2D eigenvalue weighted by Crippen LogP contribution is 2.60. The standard InChI is InChI=1S/C13H15ClN2O/c14-9-1-3-10(4-2-9)16-11(17)12-5-6-13(15,7-12)8-12/h1-4H,5-8,15H2,(H,16,17). The van der Waals surface area contributed by atoms with E-state index in [4.69, 9.17) is 17.3 Å². The molecule has 3 aliphatic rings. The van der Waals surface area contributed by atoms with Crippen LogP contribution in [0.15, 0.2) is 24.3 Å². The predicted octanol–water partition coefficient (Wildman–Crippen LogP) is 2.55. The summed E-state index contributed by atoms with van der Waals surface area (Å²) in [6.45, 7) is 0. The van der Waals surface area contributed by atoms with Gasteiger partial charge in [0.2, 0.25) is 5.91 Å². The Morgan fingerprint density at radius 1 is 1.24 bits per heavy atom. The number of hydrogen-bond acceptors (Lipinski definition) is 2. The van der Waals surface area contributed by atoms with E-state index >= 15 is 0 Å². The van der Waals surface area contributed by atoms with Gasteiger partial charge >= 0.3 is 0 Å². The average molecular weight is 251 g/mol. The molecule has 1 amide bonds. The summed E-state index contributed by atoms with van der Waals surface area (Å²) in [4.78, 5) is 12.2. The number of nitrogens with one attached hydrogen (secondary N) is 1. The fourth-order valence-corrected chi connectivity index (χ4v) is 3.33. The lowest BCUT2D eigenvalue weighted by atomic mass is 9.65. The number of rotatable bonds is 2. The first-order chi connectivity index (χ1) is 8.01. The molecule has 0 radical (unpaired) electrons. The lowest BCUT2D eigenvalue weighted by molar-refractivity contribution is -0.129. The summed E-state index contributed by atoms with van der Waals surface area (Å²) in [6, 6.07) is 7.19. The second kappa shape index (κ2) is 3.47. The Bertz CT molecular complexity index is 463. The lowest BCUT2D eigenvalue weighted by Gasteiger charge is -2.43. The molecular formula is C13H15ClN2O. The van der Waals surface area contributed by atoms with Gasteiger partial charge < -0.3 is 11.1 Å². The molecule has 0 heterocycles. The molecule has 0 unspecified atom stereocenters. The van der Waals surface area contributed by atoms with E-state index in [-0.39, 0.29) is 16.9 Å². The van der Waals surface area contributed by atoms with Crippen LogP contribution in [0.2, 0.25) is 5.02 Å². The zero-order valence-corrected chi connectivity index (χ0v) is 10.3. The fourth-order valence-electron chi connectivity index (χ4n) is 3.21. The first-order valence-electron chi connectivity index (χ1n) is 5.87. The van der Waals surface area contributed by atoms with Crippen LogP contribution in [0.3, 0.4) is 0 Å². The molecule has 17 heavy (non-hydrogen) atoms. The van der Waals surface area contributed by atoms with Crippen molar-refractivity contribution in [3.63, 3.8) is 0 Å². The van der Waals surface area contributed by atoms with E-state index in [0.717, 1.165) is 31.4 Å². The molecule has 3 N–H and O–H groups in total. The van der Waals surface area contributed by atoms with Crippen molar-refractivity contribution in [1.82, 2.24) is 0 Å². The molecule has 3 nitrogen and oxygen atoms in total. The maximum atomic E-state index is 12.2. The molecule has 1 aromatic rings. The van der Waals surface area contributed by atoms with Gasteiger partial charge in [0.25, 0.3) is 0 Å². The van der Waals surface area contributed by atoms with E-state index in [1.807, 2.05) is 12.1 Å². The van der Waals surface area contributed by atoms with Gasteiger partial charge in [-0.2, -0.15) is 0 Å². The number of anilines is 1. The van der Waals surface area contributed by atoms with E-state index < -0.39 is 0 Å². The van der Waals surface area contributed by atoms with Crippen molar-refractivity contribution in [3.05, 3.63) is 29.3 Å². The Labute approximate surface area is 105 Å². The zero-order valence-electron chi connectivity index (χ0n) is 9.50. The van der Waals surface area contributed by atoms with E-state index in [9.17, 15) is 4.79 Å². The summed E-state index contributed by atoms with van der Waals surface area (Å²) in [5, 5.41) is 3.63. The predicted molar refractivity (Wildman–Crippen MR) is 67.9 cm³/mol. The number of halogens is 1. The van der Waals surface area contributed by atoms with E-state index in [1.54, 1.807) is 12.1 Å². The Kier molecular flexibility index (Phi) is 2.25. The number of carbonyl (C=O) groups excluding carboxylic acids is 1. The Hall–Kier alpha value is -1.06. The highest BCUT2D eigenvalue weighted by molar-refractivity contribution is 6.30. The summed E-state index contributed by atoms with van der Waals surface area (Å²) in [5.41, 5.74) is 6.63. The zero-order chi connectivity index (χ0) is 12.1. The number of amides is 1. The summed E-state index contributed by atoms with van der Waals surface area (Å²) in [7, 11) is 0. The third-order valence-corrected chi connectivity index (χ3v) is 4.32. The van der Waals surface area contributed by atoms with Crippen molar-refractivity contribution >= 4 is 23.2 Å². The van der Waals surface area contributed by atoms with Crippen LogP contribution in [0.5, 0.6) is 0 Å². The van der Waals surface area contributed by atoms with Gasteiger partial charge in [0.05, 0.1) is 5.41 Å². The first-order valence-corrected chi connectivity index (χ1v) is 6.25. The van der Waals surface area contributed by atoms with Crippen LogP contribution in [0.1, 0.15) is 25.7 Å². The first kappa shape index (κ1) is 11.1. The number of carbonyl (C=O) groups is 1. The molecule has 3 saturated carbocycles. The van der Waals surface area contributed by atoms with Crippen LogP contribution in [-0.2, 0) is 4.79 Å². The Balaban J connectivity index is 1.71. The van der Waals surface area contributed by atoms with E-state index in [0.29, 0.717) is 5.02 Å². The number of hydrogen-bond donors (Lipinski definition) is 2. The van der Waals surface area contributed by atoms with Crippen LogP contribution in [0, 0.1) is 5.41 Å². The SMILES string of the molecule is NC12CCC(C(=O)Nc3ccc(Cl)cc3)(C1)C2. The van der Waals surface area contributed by atoms with Gasteiger partial charge in [-0.1, -0.05) is 11.6 Å². The molecule has 4 rings (SSSR count). The van der Waals surface area contributed by atoms with Crippen molar-refractivity contribution < 1.29 is 4.79 Å². The molecule has 0 aromatic heterocycles. The topological polar surface area (TPSA) is 55.1 Å². The molecule has 3 aliphatic carbocycles. The minimum Gasteiger partial charge on any atom is -0.326 e. The van der Waals surface area contributed by atoms with Gasteiger partial charge in [-0.05, 0) is 49.9 Å². The maximum absolute atomic E-state index is 12.2. The molecule has 90 valence electrons. The monoisotopic (exact) mass is 250 g/mol. The van der Waals surface area contributed by atoms with E-state index in [1.165, 1.54) is 0 Å². The number of benzene rings is 1. The fraction of sp³-hybridized carbons (Fsp3) is 0.462. The average Bonchev–Trinajstić information content (AvgIpc) is 2.76. The van der Waals surface area contributed by atoms with Crippen molar-refractivity contribution in [2.75, 3.05) is 5.32 Å². The van der Waals surface area contributed by atoms with Crippen LogP contribution in [0.25, 0.3) is 0 Å². The minimum absolute atomic E-state index is 0.0582. The highest BCUT2D eigenvalue weighted by Gasteiger charge is 2.62.